The second-order valence-corrected chi connectivity index (χ2v) is 8.05. The number of non-ortho nitro benzene ring substituents is 1. The summed E-state index contributed by atoms with van der Waals surface area (Å²) in [6.45, 7) is 6.05. The average Bonchev–Trinajstić information content (AvgIpc) is 3.27. The maximum absolute atomic E-state index is 12.3. The number of nitrogens with zero attached hydrogens (tertiary/aromatic N) is 5. The second kappa shape index (κ2) is 11.6. The Morgan fingerprint density at radius 2 is 1.76 bits per heavy atom. The minimum atomic E-state index is -0.545. The fraction of sp³-hybridized carbons (Fsp3) is 0.227. The van der Waals surface area contributed by atoms with Gasteiger partial charge in [0.15, 0.2) is 0 Å². The Kier molecular flexibility index (Phi) is 8.35. The highest BCUT2D eigenvalue weighted by molar-refractivity contribution is 7.15. The highest BCUT2D eigenvalue weighted by Crippen LogP contribution is 2.18. The van der Waals surface area contributed by atoms with Gasteiger partial charge in [-0.05, 0) is 43.7 Å². The number of anilines is 2. The molecule has 0 aliphatic heterocycles. The number of aromatic nitrogens is 2. The lowest BCUT2D eigenvalue weighted by atomic mass is 10.2. The molecule has 0 aliphatic rings. The molecule has 0 radical (unpaired) electrons. The van der Waals surface area contributed by atoms with Gasteiger partial charge in [-0.1, -0.05) is 23.5 Å². The summed E-state index contributed by atoms with van der Waals surface area (Å²) in [6, 6.07) is 13.0. The zero-order chi connectivity index (χ0) is 24.5. The molecular weight excluding hydrogens is 458 g/mol. The van der Waals surface area contributed by atoms with Crippen molar-refractivity contribution in [1.82, 2.24) is 15.6 Å². The highest BCUT2D eigenvalue weighted by Gasteiger charge is 2.14. The molecule has 0 atom stereocenters. The Balaban J connectivity index is 1.49. The molecule has 12 heteroatoms. The molecule has 0 unspecified atom stereocenters. The van der Waals surface area contributed by atoms with E-state index >= 15 is 0 Å². The van der Waals surface area contributed by atoms with Crippen molar-refractivity contribution in [3.8, 4) is 0 Å². The monoisotopic (exact) mass is 481 g/mol. The minimum absolute atomic E-state index is 0.0523. The molecule has 0 saturated heterocycles. The molecule has 176 valence electrons. The van der Waals surface area contributed by atoms with E-state index in [0.29, 0.717) is 5.01 Å². The Labute approximate surface area is 199 Å². The van der Waals surface area contributed by atoms with Crippen molar-refractivity contribution in [3.63, 3.8) is 0 Å². The number of nitro benzene ring substituents is 1. The van der Waals surface area contributed by atoms with Crippen molar-refractivity contribution in [2.75, 3.05) is 23.3 Å². The molecule has 2 aromatic carbocycles. The van der Waals surface area contributed by atoms with Gasteiger partial charge in [-0.2, -0.15) is 5.10 Å². The van der Waals surface area contributed by atoms with Gasteiger partial charge in [0.25, 0.3) is 11.6 Å². The summed E-state index contributed by atoms with van der Waals surface area (Å²) >= 11 is 1.05. The summed E-state index contributed by atoms with van der Waals surface area (Å²) in [5.74, 6) is -0.862. The van der Waals surface area contributed by atoms with Gasteiger partial charge >= 0.3 is 0 Å². The number of benzene rings is 2. The summed E-state index contributed by atoms with van der Waals surface area (Å²) in [5, 5.41) is 25.6. The van der Waals surface area contributed by atoms with E-state index < -0.39 is 10.8 Å². The van der Waals surface area contributed by atoms with Crippen LogP contribution in [0.2, 0.25) is 0 Å². The summed E-state index contributed by atoms with van der Waals surface area (Å²) in [6.07, 6.45) is 1.50. The zero-order valence-corrected chi connectivity index (χ0v) is 19.4. The van der Waals surface area contributed by atoms with Gasteiger partial charge in [0.05, 0.1) is 17.6 Å². The fourth-order valence-corrected chi connectivity index (χ4v) is 3.73. The summed E-state index contributed by atoms with van der Waals surface area (Å²) in [7, 11) is 0. The van der Waals surface area contributed by atoms with Crippen LogP contribution in [-0.2, 0) is 11.2 Å². The Morgan fingerprint density at radius 3 is 2.38 bits per heavy atom. The van der Waals surface area contributed by atoms with E-state index in [0.717, 1.165) is 35.7 Å². The molecule has 3 rings (SSSR count). The molecule has 0 spiro atoms. The lowest BCUT2D eigenvalue weighted by Gasteiger charge is -2.20. The molecular formula is C22H23N7O4S. The smallest absolute Gasteiger partial charge is 0.269 e. The predicted molar refractivity (Wildman–Crippen MR) is 130 cm³/mol. The molecule has 0 fully saturated rings. The van der Waals surface area contributed by atoms with Crippen LogP contribution in [0.1, 0.15) is 34.8 Å². The van der Waals surface area contributed by atoms with Gasteiger partial charge in [-0.15, -0.1) is 10.2 Å². The van der Waals surface area contributed by atoms with Crippen molar-refractivity contribution in [2.24, 2.45) is 5.10 Å². The molecule has 34 heavy (non-hydrogen) atoms. The first-order chi connectivity index (χ1) is 16.4. The maximum atomic E-state index is 12.3. The molecule has 2 N–H and O–H groups in total. The Hall–Kier alpha value is -4.19. The molecule has 0 aliphatic carbocycles. The van der Waals surface area contributed by atoms with E-state index in [4.69, 9.17) is 0 Å². The zero-order valence-electron chi connectivity index (χ0n) is 18.6. The minimum Gasteiger partial charge on any atom is -0.372 e. The van der Waals surface area contributed by atoms with Gasteiger partial charge in [-0.3, -0.25) is 25.0 Å². The molecule has 3 aromatic rings. The topological polar surface area (TPSA) is 143 Å². The van der Waals surface area contributed by atoms with Crippen LogP contribution in [0.4, 0.5) is 16.5 Å². The third-order valence-electron chi connectivity index (χ3n) is 4.76. The number of rotatable bonds is 10. The van der Waals surface area contributed by atoms with Crippen molar-refractivity contribution < 1.29 is 14.5 Å². The van der Waals surface area contributed by atoms with Crippen molar-refractivity contribution in [2.45, 2.75) is 20.3 Å². The molecule has 1 heterocycles. The third-order valence-corrected chi connectivity index (χ3v) is 5.60. The van der Waals surface area contributed by atoms with Crippen LogP contribution in [0.25, 0.3) is 0 Å². The fourth-order valence-electron chi connectivity index (χ4n) is 3.00. The number of amides is 2. The standard InChI is InChI=1S/C22H23N7O4S/c1-3-28(4-2)17-9-5-15(6-10-17)14-23-25-19(30)13-20-26-27-22(34-20)24-21(31)16-7-11-18(12-8-16)29(32)33/h5-12,14H,3-4,13H2,1-2H3,(H,25,30)(H,24,27,31)/b23-14+. The van der Waals surface area contributed by atoms with E-state index in [1.807, 2.05) is 24.3 Å². The van der Waals surface area contributed by atoms with Gasteiger partial charge in [0.2, 0.25) is 11.0 Å². The predicted octanol–water partition coefficient (Wildman–Crippen LogP) is 3.24. The van der Waals surface area contributed by atoms with Crippen LogP contribution in [0, 0.1) is 10.1 Å². The lowest BCUT2D eigenvalue weighted by Crippen LogP contribution is -2.21. The largest absolute Gasteiger partial charge is 0.372 e. The molecule has 11 nitrogen and oxygen atoms in total. The number of hydrogen-bond acceptors (Lipinski definition) is 9. The van der Waals surface area contributed by atoms with Crippen molar-refractivity contribution in [3.05, 3.63) is 74.8 Å². The maximum Gasteiger partial charge on any atom is 0.269 e. The Morgan fingerprint density at radius 1 is 1.09 bits per heavy atom. The van der Waals surface area contributed by atoms with Crippen LogP contribution in [0.5, 0.6) is 0 Å². The van der Waals surface area contributed by atoms with Crippen LogP contribution in [-0.4, -0.2) is 46.2 Å². The van der Waals surface area contributed by atoms with Gasteiger partial charge < -0.3 is 4.90 Å². The number of carbonyl (C=O) groups is 2. The average molecular weight is 482 g/mol. The normalized spacial score (nSPS) is 10.8. The summed E-state index contributed by atoms with van der Waals surface area (Å²) in [5.41, 5.74) is 4.55. The molecule has 2 amide bonds. The summed E-state index contributed by atoms with van der Waals surface area (Å²) < 4.78 is 0. The first-order valence-electron chi connectivity index (χ1n) is 10.4. The summed E-state index contributed by atoms with van der Waals surface area (Å²) in [4.78, 5) is 36.8. The Bertz CT molecular complexity index is 1170. The second-order valence-electron chi connectivity index (χ2n) is 6.99. The third kappa shape index (κ3) is 6.65. The molecule has 0 saturated carbocycles. The quantitative estimate of drug-likeness (QED) is 0.257. The lowest BCUT2D eigenvalue weighted by molar-refractivity contribution is -0.384. The first-order valence-corrected chi connectivity index (χ1v) is 11.3. The number of hydrazone groups is 1. The SMILES string of the molecule is CCN(CC)c1ccc(/C=N/NC(=O)Cc2nnc(NC(=O)c3ccc([N+](=O)[O-])cc3)s2)cc1. The van der Waals surface area contributed by atoms with E-state index in [1.54, 1.807) is 6.21 Å². The first kappa shape index (κ1) is 24.5. The van der Waals surface area contributed by atoms with E-state index in [9.17, 15) is 19.7 Å². The van der Waals surface area contributed by atoms with Gasteiger partial charge in [0.1, 0.15) is 5.01 Å². The number of nitro groups is 1. The van der Waals surface area contributed by atoms with Crippen molar-refractivity contribution in [1.29, 1.82) is 0 Å². The van der Waals surface area contributed by atoms with Crippen LogP contribution in [0.3, 0.4) is 0 Å². The number of carbonyl (C=O) groups excluding carboxylic acids is 2. The number of hydrogen-bond donors (Lipinski definition) is 2. The van der Waals surface area contributed by atoms with Crippen LogP contribution < -0.4 is 15.6 Å². The van der Waals surface area contributed by atoms with E-state index in [1.165, 1.54) is 24.3 Å². The number of nitrogens with one attached hydrogen (secondary N) is 2. The van der Waals surface area contributed by atoms with Crippen LogP contribution in [0.15, 0.2) is 53.6 Å². The molecule has 0 bridgehead atoms. The van der Waals surface area contributed by atoms with E-state index in [2.05, 4.69) is 44.8 Å². The molecule has 1 aromatic heterocycles. The van der Waals surface area contributed by atoms with E-state index in [-0.39, 0.29) is 28.7 Å². The van der Waals surface area contributed by atoms with Crippen molar-refractivity contribution >= 4 is 45.9 Å². The van der Waals surface area contributed by atoms with Gasteiger partial charge in [0, 0.05) is 36.5 Å². The van der Waals surface area contributed by atoms with Crippen LogP contribution >= 0.6 is 11.3 Å². The highest BCUT2D eigenvalue weighted by atomic mass is 32.1. The van der Waals surface area contributed by atoms with Gasteiger partial charge in [-0.25, -0.2) is 5.43 Å².